The molecule has 0 aliphatic heterocycles. The van der Waals surface area contributed by atoms with E-state index in [1.807, 2.05) is 0 Å². The van der Waals surface area contributed by atoms with Crippen LogP contribution in [0.1, 0.15) is 0 Å². The maximum Gasteiger partial charge on any atom is 0.236 e. The van der Waals surface area contributed by atoms with E-state index in [0.29, 0.717) is 11.6 Å². The summed E-state index contributed by atoms with van der Waals surface area (Å²) in [5.74, 6) is 0.860. The molecular weight excluding hydrogens is 182 g/mol. The molecule has 14 heavy (non-hydrogen) atoms. The molecule has 0 saturated carbocycles. The largest absolute Gasteiger partial charge is 0.372 e. The van der Waals surface area contributed by atoms with Crippen LogP contribution >= 0.6 is 0 Å². The van der Waals surface area contributed by atoms with Crippen LogP contribution in [0.3, 0.4) is 0 Å². The predicted molar refractivity (Wildman–Crippen MR) is 54.0 cm³/mol. The highest BCUT2D eigenvalue weighted by atomic mass is 16.1. The van der Waals surface area contributed by atoms with Crippen molar-refractivity contribution in [1.29, 1.82) is 0 Å². The van der Waals surface area contributed by atoms with Gasteiger partial charge >= 0.3 is 0 Å². The second kappa shape index (κ2) is 4.40. The fourth-order valence-electron chi connectivity index (χ4n) is 0.975. The van der Waals surface area contributed by atoms with Gasteiger partial charge in [0, 0.05) is 14.1 Å². The smallest absolute Gasteiger partial charge is 0.236 e. The molecule has 1 rings (SSSR count). The van der Waals surface area contributed by atoms with Gasteiger partial charge in [-0.1, -0.05) is 0 Å². The van der Waals surface area contributed by atoms with Gasteiger partial charge in [-0.25, -0.2) is 4.98 Å². The molecule has 0 aliphatic rings. The van der Waals surface area contributed by atoms with E-state index >= 15 is 0 Å². The number of carbonyl (C=O) groups is 1. The number of nitrogens with zero attached hydrogens (tertiary/aromatic N) is 3. The molecule has 1 amide bonds. The number of primary amides is 1. The Kier molecular flexibility index (Phi) is 3.22. The standard InChI is InChI=1S/C8H13N5O/c1-10-7-3-11-4-8(12-7)13(2)5-6(9)14/h3-4H,5H2,1-2H3,(H2,9,14)(H,10,12). The fraction of sp³-hybridized carbons (Fsp3) is 0.375. The Bertz CT molecular complexity index is 327. The molecule has 0 atom stereocenters. The van der Waals surface area contributed by atoms with Crippen molar-refractivity contribution >= 4 is 17.5 Å². The summed E-state index contributed by atoms with van der Waals surface area (Å²) in [7, 11) is 3.48. The summed E-state index contributed by atoms with van der Waals surface area (Å²) in [5.41, 5.74) is 5.06. The van der Waals surface area contributed by atoms with Gasteiger partial charge in [-0.05, 0) is 0 Å². The second-order valence-electron chi connectivity index (χ2n) is 2.83. The summed E-state index contributed by atoms with van der Waals surface area (Å²) < 4.78 is 0. The summed E-state index contributed by atoms with van der Waals surface area (Å²) in [6.07, 6.45) is 3.17. The van der Waals surface area contributed by atoms with E-state index < -0.39 is 5.91 Å². The second-order valence-corrected chi connectivity index (χ2v) is 2.83. The number of anilines is 2. The minimum absolute atomic E-state index is 0.127. The maximum atomic E-state index is 10.7. The lowest BCUT2D eigenvalue weighted by Crippen LogP contribution is -2.31. The van der Waals surface area contributed by atoms with Crippen LogP contribution in [0.5, 0.6) is 0 Å². The summed E-state index contributed by atoms with van der Waals surface area (Å²) in [6, 6.07) is 0. The lowest BCUT2D eigenvalue weighted by atomic mass is 10.5. The first-order chi connectivity index (χ1) is 6.63. The van der Waals surface area contributed by atoms with E-state index in [1.165, 1.54) is 0 Å². The van der Waals surface area contributed by atoms with Crippen molar-refractivity contribution < 1.29 is 4.79 Å². The minimum atomic E-state index is -0.399. The van der Waals surface area contributed by atoms with Gasteiger partial charge in [0.05, 0.1) is 18.9 Å². The summed E-state index contributed by atoms with van der Waals surface area (Å²) in [6.45, 7) is 0.127. The van der Waals surface area contributed by atoms with Crippen molar-refractivity contribution in [3.05, 3.63) is 12.4 Å². The minimum Gasteiger partial charge on any atom is -0.372 e. The van der Waals surface area contributed by atoms with E-state index in [2.05, 4.69) is 15.3 Å². The first kappa shape index (κ1) is 10.2. The lowest BCUT2D eigenvalue weighted by molar-refractivity contribution is -0.116. The molecule has 0 bridgehead atoms. The number of nitrogens with two attached hydrogens (primary N) is 1. The van der Waals surface area contributed by atoms with Crippen LogP contribution in [0, 0.1) is 0 Å². The predicted octanol–water partition coefficient (Wildman–Crippen LogP) is -0.560. The summed E-state index contributed by atoms with van der Waals surface area (Å²) in [5, 5.41) is 2.86. The Labute approximate surface area is 82.1 Å². The molecule has 0 saturated heterocycles. The van der Waals surface area contributed by atoms with Gasteiger partial charge in [0.25, 0.3) is 0 Å². The highest BCUT2D eigenvalue weighted by molar-refractivity contribution is 5.78. The monoisotopic (exact) mass is 195 g/mol. The topological polar surface area (TPSA) is 84.1 Å². The molecule has 0 aromatic carbocycles. The quantitative estimate of drug-likeness (QED) is 0.672. The number of nitrogens with one attached hydrogen (secondary N) is 1. The Morgan fingerprint density at radius 3 is 2.93 bits per heavy atom. The van der Waals surface area contributed by atoms with Crippen molar-refractivity contribution in [3.8, 4) is 0 Å². The lowest BCUT2D eigenvalue weighted by Gasteiger charge is -2.15. The normalized spacial score (nSPS) is 9.57. The van der Waals surface area contributed by atoms with Crippen LogP contribution in [-0.2, 0) is 4.79 Å². The third kappa shape index (κ3) is 2.58. The fourth-order valence-corrected chi connectivity index (χ4v) is 0.975. The van der Waals surface area contributed by atoms with Crippen molar-refractivity contribution in [2.24, 2.45) is 5.73 Å². The van der Waals surface area contributed by atoms with Crippen LogP contribution in [0.15, 0.2) is 12.4 Å². The highest BCUT2D eigenvalue weighted by Gasteiger charge is 2.06. The molecule has 1 aromatic rings. The molecular formula is C8H13N5O. The average Bonchev–Trinajstić information content (AvgIpc) is 2.17. The molecule has 1 aromatic heterocycles. The zero-order chi connectivity index (χ0) is 10.6. The number of carbonyl (C=O) groups excluding carboxylic acids is 1. The van der Waals surface area contributed by atoms with E-state index in [4.69, 9.17) is 5.73 Å². The molecule has 76 valence electrons. The number of rotatable bonds is 4. The van der Waals surface area contributed by atoms with Crippen LogP contribution in [0.4, 0.5) is 11.6 Å². The van der Waals surface area contributed by atoms with Crippen LogP contribution in [-0.4, -0.2) is 36.5 Å². The maximum absolute atomic E-state index is 10.7. The zero-order valence-electron chi connectivity index (χ0n) is 8.19. The number of hydrogen-bond acceptors (Lipinski definition) is 5. The third-order valence-corrected chi connectivity index (χ3v) is 1.66. The Morgan fingerprint density at radius 1 is 1.64 bits per heavy atom. The molecule has 1 heterocycles. The molecule has 0 spiro atoms. The molecule has 0 fully saturated rings. The molecule has 0 aliphatic carbocycles. The van der Waals surface area contributed by atoms with E-state index in [0.717, 1.165) is 0 Å². The van der Waals surface area contributed by atoms with Gasteiger partial charge in [0.2, 0.25) is 5.91 Å². The average molecular weight is 195 g/mol. The SMILES string of the molecule is CNc1cncc(N(C)CC(N)=O)n1. The van der Waals surface area contributed by atoms with E-state index in [1.54, 1.807) is 31.4 Å². The van der Waals surface area contributed by atoms with Gasteiger partial charge in [-0.3, -0.25) is 9.78 Å². The van der Waals surface area contributed by atoms with Gasteiger partial charge < -0.3 is 16.0 Å². The molecule has 0 radical (unpaired) electrons. The number of hydrogen-bond donors (Lipinski definition) is 2. The van der Waals surface area contributed by atoms with Gasteiger partial charge in [0.15, 0.2) is 0 Å². The van der Waals surface area contributed by atoms with Crippen molar-refractivity contribution in [2.75, 3.05) is 30.9 Å². The van der Waals surface area contributed by atoms with Crippen molar-refractivity contribution in [3.63, 3.8) is 0 Å². The van der Waals surface area contributed by atoms with Crippen molar-refractivity contribution in [2.45, 2.75) is 0 Å². The van der Waals surface area contributed by atoms with E-state index in [-0.39, 0.29) is 6.54 Å². The van der Waals surface area contributed by atoms with E-state index in [9.17, 15) is 4.79 Å². The third-order valence-electron chi connectivity index (χ3n) is 1.66. The van der Waals surface area contributed by atoms with Crippen LogP contribution < -0.4 is 16.0 Å². The van der Waals surface area contributed by atoms with Gasteiger partial charge in [-0.15, -0.1) is 0 Å². The van der Waals surface area contributed by atoms with Crippen LogP contribution in [0.2, 0.25) is 0 Å². The first-order valence-electron chi connectivity index (χ1n) is 4.12. The summed E-state index contributed by atoms with van der Waals surface area (Å²) in [4.78, 5) is 20.4. The Balaban J connectivity index is 2.78. The van der Waals surface area contributed by atoms with Crippen molar-refractivity contribution in [1.82, 2.24) is 9.97 Å². The molecule has 6 nitrogen and oxygen atoms in total. The summed E-state index contributed by atoms with van der Waals surface area (Å²) >= 11 is 0. The molecule has 6 heteroatoms. The first-order valence-corrected chi connectivity index (χ1v) is 4.12. The van der Waals surface area contributed by atoms with Gasteiger partial charge in [-0.2, -0.15) is 0 Å². The van der Waals surface area contributed by atoms with Gasteiger partial charge in [0.1, 0.15) is 11.6 Å². The number of aromatic nitrogens is 2. The molecule has 0 unspecified atom stereocenters. The molecule has 3 N–H and O–H groups in total. The number of likely N-dealkylation sites (N-methyl/N-ethyl adjacent to an activating group) is 1. The Morgan fingerprint density at radius 2 is 2.36 bits per heavy atom. The van der Waals surface area contributed by atoms with Crippen LogP contribution in [0.25, 0.3) is 0 Å². The zero-order valence-corrected chi connectivity index (χ0v) is 8.19. The number of amides is 1. The Hall–Kier alpha value is -1.85. The highest BCUT2D eigenvalue weighted by Crippen LogP contribution is 2.09.